The predicted octanol–water partition coefficient (Wildman–Crippen LogP) is 5.27. The zero-order chi connectivity index (χ0) is 19.5. The summed E-state index contributed by atoms with van der Waals surface area (Å²) in [7, 11) is 3.41. The van der Waals surface area contributed by atoms with Gasteiger partial charge >= 0.3 is 0 Å². The number of piperidine rings is 1. The van der Waals surface area contributed by atoms with E-state index in [0.29, 0.717) is 5.92 Å². The third-order valence-electron chi connectivity index (χ3n) is 6.77. The fourth-order valence-corrected chi connectivity index (χ4v) is 5.08. The molecule has 3 heteroatoms. The highest BCUT2D eigenvalue weighted by atomic mass is 16.5. The van der Waals surface area contributed by atoms with Crippen LogP contribution in [0.25, 0.3) is 5.57 Å². The van der Waals surface area contributed by atoms with Crippen LogP contribution in [0.1, 0.15) is 43.2 Å². The molecule has 1 atom stereocenters. The van der Waals surface area contributed by atoms with Crippen LogP contribution in [0.4, 0.5) is 0 Å². The molecule has 1 heterocycles. The van der Waals surface area contributed by atoms with Crippen LogP contribution in [0.2, 0.25) is 0 Å². The maximum atomic E-state index is 5.49. The van der Waals surface area contributed by atoms with E-state index in [1.165, 1.54) is 61.9 Å². The molecule has 2 aliphatic carbocycles. The number of fused-ring (bicyclic) bond motifs is 1. The van der Waals surface area contributed by atoms with Crippen LogP contribution in [0, 0.1) is 11.8 Å². The molecule has 150 valence electrons. The topological polar surface area (TPSA) is 21.7 Å². The second-order valence-corrected chi connectivity index (χ2v) is 8.54. The highest BCUT2D eigenvalue weighted by molar-refractivity contribution is 5.75. The van der Waals surface area contributed by atoms with Crippen LogP contribution in [0.3, 0.4) is 0 Å². The van der Waals surface area contributed by atoms with Crippen molar-refractivity contribution in [1.29, 1.82) is 0 Å². The van der Waals surface area contributed by atoms with Crippen LogP contribution in [-0.4, -0.2) is 38.8 Å². The number of hydrogen-bond acceptors (Lipinski definition) is 3. The van der Waals surface area contributed by atoms with Gasteiger partial charge in [-0.05, 0) is 92.3 Å². The molecule has 3 nitrogen and oxygen atoms in total. The molecule has 0 aromatic heterocycles. The third-order valence-corrected chi connectivity index (χ3v) is 6.77. The Kier molecular flexibility index (Phi) is 5.91. The number of benzene rings is 1. The first kappa shape index (κ1) is 19.3. The van der Waals surface area contributed by atoms with E-state index < -0.39 is 0 Å². The van der Waals surface area contributed by atoms with Crippen molar-refractivity contribution in [2.45, 2.75) is 38.5 Å². The molecule has 4 rings (SSSR count). The lowest BCUT2D eigenvalue weighted by Crippen LogP contribution is -2.35. The lowest BCUT2D eigenvalue weighted by Gasteiger charge is -2.34. The second-order valence-electron chi connectivity index (χ2n) is 8.54. The minimum Gasteiger partial charge on any atom is -0.493 e. The Hall–Kier alpha value is -2.00. The molecule has 0 saturated carbocycles. The summed E-state index contributed by atoms with van der Waals surface area (Å²) in [5, 5.41) is 0. The van der Waals surface area contributed by atoms with Crippen LogP contribution < -0.4 is 9.47 Å². The Labute approximate surface area is 169 Å². The van der Waals surface area contributed by atoms with E-state index >= 15 is 0 Å². The van der Waals surface area contributed by atoms with Gasteiger partial charge in [-0.2, -0.15) is 0 Å². The largest absolute Gasteiger partial charge is 0.493 e. The molecular formula is C25H33NO2. The SMILES string of the molecule is C=C1c2cc(OC)c(OC)cc2CC1CC1CCN(CC2=CC=CCC2)CC1. The van der Waals surface area contributed by atoms with E-state index in [4.69, 9.17) is 9.47 Å². The van der Waals surface area contributed by atoms with E-state index in [1.54, 1.807) is 19.8 Å². The van der Waals surface area contributed by atoms with E-state index in [1.807, 2.05) is 0 Å². The summed E-state index contributed by atoms with van der Waals surface area (Å²) in [6.07, 6.45) is 14.2. The predicted molar refractivity (Wildman–Crippen MR) is 116 cm³/mol. The molecule has 1 aliphatic heterocycles. The van der Waals surface area contributed by atoms with E-state index in [0.717, 1.165) is 30.4 Å². The highest BCUT2D eigenvalue weighted by Gasteiger charge is 2.30. The summed E-state index contributed by atoms with van der Waals surface area (Å²) < 4.78 is 11.0. The highest BCUT2D eigenvalue weighted by Crippen LogP contribution is 2.45. The fraction of sp³-hybridized carbons (Fsp3) is 0.520. The maximum Gasteiger partial charge on any atom is 0.161 e. The molecule has 0 bridgehead atoms. The van der Waals surface area contributed by atoms with Crippen molar-refractivity contribution in [3.05, 3.63) is 53.6 Å². The number of methoxy groups -OCH3 is 2. The number of allylic oxidation sites excluding steroid dienone is 4. The van der Waals surface area contributed by atoms with Gasteiger partial charge in [-0.15, -0.1) is 0 Å². The van der Waals surface area contributed by atoms with Gasteiger partial charge in [0.2, 0.25) is 0 Å². The molecule has 0 radical (unpaired) electrons. The summed E-state index contributed by atoms with van der Waals surface area (Å²) in [5.41, 5.74) is 5.53. The molecule has 3 aliphatic rings. The van der Waals surface area contributed by atoms with Crippen molar-refractivity contribution in [3.63, 3.8) is 0 Å². The Morgan fingerprint density at radius 1 is 1.11 bits per heavy atom. The summed E-state index contributed by atoms with van der Waals surface area (Å²) in [6, 6.07) is 4.26. The molecular weight excluding hydrogens is 346 g/mol. The standard InChI is InChI=1S/C25H33NO2/c1-18-21(14-22-15-24(27-2)25(28-3)16-23(18)22)13-19-9-11-26(12-10-19)17-20-7-5-4-6-8-20/h4-5,7,15-16,19,21H,1,6,8-14,17H2,2-3H3. The van der Waals surface area contributed by atoms with Gasteiger partial charge in [0, 0.05) is 6.54 Å². The minimum atomic E-state index is 0.564. The molecule has 28 heavy (non-hydrogen) atoms. The van der Waals surface area contributed by atoms with Crippen molar-refractivity contribution >= 4 is 5.57 Å². The van der Waals surface area contributed by atoms with Crippen LogP contribution in [-0.2, 0) is 6.42 Å². The smallest absolute Gasteiger partial charge is 0.161 e. The molecule has 1 aromatic carbocycles. The molecule has 0 spiro atoms. The lowest BCUT2D eigenvalue weighted by atomic mass is 9.84. The number of hydrogen-bond donors (Lipinski definition) is 0. The van der Waals surface area contributed by atoms with Crippen LogP contribution in [0.5, 0.6) is 11.5 Å². The molecule has 1 unspecified atom stereocenters. The average molecular weight is 380 g/mol. The van der Waals surface area contributed by atoms with Crippen LogP contribution in [0.15, 0.2) is 42.5 Å². The average Bonchev–Trinajstić information content (AvgIpc) is 3.03. The van der Waals surface area contributed by atoms with Gasteiger partial charge in [0.25, 0.3) is 0 Å². The molecule has 1 aromatic rings. The third kappa shape index (κ3) is 4.05. The van der Waals surface area contributed by atoms with Gasteiger partial charge in [-0.1, -0.05) is 30.4 Å². The summed E-state index contributed by atoms with van der Waals surface area (Å²) >= 11 is 0. The van der Waals surface area contributed by atoms with Gasteiger partial charge in [-0.3, -0.25) is 4.90 Å². The molecule has 1 fully saturated rings. The Morgan fingerprint density at radius 2 is 1.86 bits per heavy atom. The summed E-state index contributed by atoms with van der Waals surface area (Å²) in [4.78, 5) is 2.65. The van der Waals surface area contributed by atoms with E-state index in [-0.39, 0.29) is 0 Å². The van der Waals surface area contributed by atoms with Gasteiger partial charge in [0.05, 0.1) is 14.2 Å². The Morgan fingerprint density at radius 3 is 2.54 bits per heavy atom. The van der Waals surface area contributed by atoms with E-state index in [2.05, 4.69) is 41.8 Å². The number of rotatable bonds is 6. The second kappa shape index (κ2) is 8.57. The zero-order valence-electron chi connectivity index (χ0n) is 17.4. The van der Waals surface area contributed by atoms with Gasteiger partial charge < -0.3 is 9.47 Å². The maximum absolute atomic E-state index is 5.49. The minimum absolute atomic E-state index is 0.564. The van der Waals surface area contributed by atoms with Crippen molar-refractivity contribution < 1.29 is 9.47 Å². The number of ether oxygens (including phenoxy) is 2. The van der Waals surface area contributed by atoms with Crippen molar-refractivity contribution in [1.82, 2.24) is 4.90 Å². The Balaban J connectivity index is 1.32. The van der Waals surface area contributed by atoms with Gasteiger partial charge in [-0.25, -0.2) is 0 Å². The summed E-state index contributed by atoms with van der Waals surface area (Å²) in [5.74, 6) is 3.02. The fourth-order valence-electron chi connectivity index (χ4n) is 5.08. The first-order chi connectivity index (χ1) is 13.7. The molecule has 0 N–H and O–H groups in total. The van der Waals surface area contributed by atoms with Crippen molar-refractivity contribution in [2.24, 2.45) is 11.8 Å². The number of likely N-dealkylation sites (tertiary alicyclic amines) is 1. The first-order valence-electron chi connectivity index (χ1n) is 10.7. The van der Waals surface area contributed by atoms with E-state index in [9.17, 15) is 0 Å². The van der Waals surface area contributed by atoms with Crippen LogP contribution >= 0.6 is 0 Å². The number of nitrogens with zero attached hydrogens (tertiary/aromatic N) is 1. The lowest BCUT2D eigenvalue weighted by molar-refractivity contribution is 0.183. The summed E-state index contributed by atoms with van der Waals surface area (Å²) in [6.45, 7) is 8.08. The molecule has 0 amide bonds. The van der Waals surface area contributed by atoms with Crippen molar-refractivity contribution in [3.8, 4) is 11.5 Å². The Bertz CT molecular complexity index is 784. The quantitative estimate of drug-likeness (QED) is 0.672. The van der Waals surface area contributed by atoms with Gasteiger partial charge in [0.15, 0.2) is 11.5 Å². The molecule has 1 saturated heterocycles. The first-order valence-corrected chi connectivity index (χ1v) is 10.7. The zero-order valence-corrected chi connectivity index (χ0v) is 17.4. The monoisotopic (exact) mass is 379 g/mol. The normalized spacial score (nSPS) is 22.9. The van der Waals surface area contributed by atoms with Gasteiger partial charge in [0.1, 0.15) is 0 Å². The van der Waals surface area contributed by atoms with Crippen molar-refractivity contribution in [2.75, 3.05) is 33.9 Å².